The highest BCUT2D eigenvalue weighted by Gasteiger charge is 2.46. The molecular weight excluding hydrogens is 392 g/mol. The van der Waals surface area contributed by atoms with Crippen molar-refractivity contribution in [1.29, 1.82) is 0 Å². The highest BCUT2D eigenvalue weighted by Crippen LogP contribution is 2.59. The molecule has 1 rings (SSSR count). The predicted octanol–water partition coefficient (Wildman–Crippen LogP) is 2.89. The number of rotatable bonds is 12. The molecular formula is C17H32NO7P2+. The highest BCUT2D eigenvalue weighted by atomic mass is 31.2. The second-order valence-electron chi connectivity index (χ2n) is 7.46. The minimum absolute atomic E-state index is 0.488. The summed E-state index contributed by atoms with van der Waals surface area (Å²) in [5, 5.41) is -2.08. The lowest BCUT2D eigenvalue weighted by molar-refractivity contribution is -0.694. The number of pyridine rings is 1. The van der Waals surface area contributed by atoms with Crippen LogP contribution in [0.4, 0.5) is 0 Å². The van der Waals surface area contributed by atoms with E-state index >= 15 is 0 Å². The molecule has 0 saturated heterocycles. The summed E-state index contributed by atoms with van der Waals surface area (Å²) in [5.74, 6) is 1.73. The number of nitrogens with zero attached hydrogens (tertiary/aromatic N) is 1. The third-order valence-electron chi connectivity index (χ3n) is 4.34. The summed E-state index contributed by atoms with van der Waals surface area (Å²) in [6.07, 6.45) is 7.41. The largest absolute Gasteiger partial charge is 0.487 e. The lowest BCUT2D eigenvalue weighted by Crippen LogP contribution is -2.39. The van der Waals surface area contributed by atoms with Crippen molar-refractivity contribution in [1.82, 2.24) is 0 Å². The highest BCUT2D eigenvalue weighted by molar-refractivity contribution is 7.70. The Morgan fingerprint density at radius 3 is 2.22 bits per heavy atom. The fraction of sp³-hybridized carbons (Fsp3) is 0.706. The number of aromatic nitrogens is 1. The van der Waals surface area contributed by atoms with E-state index in [2.05, 4.69) is 20.8 Å². The van der Waals surface area contributed by atoms with E-state index in [9.17, 15) is 28.7 Å². The molecule has 1 atom stereocenters. The maximum absolute atomic E-state index is 11.4. The van der Waals surface area contributed by atoms with Crippen molar-refractivity contribution in [3.8, 4) is 5.75 Å². The first-order valence-electron chi connectivity index (χ1n) is 9.12. The van der Waals surface area contributed by atoms with Gasteiger partial charge in [-0.2, -0.15) is 0 Å². The second kappa shape index (κ2) is 10.7. The monoisotopic (exact) mass is 424 g/mol. The molecule has 1 aromatic rings. The Kier molecular flexibility index (Phi) is 9.63. The Hall–Kier alpha value is -0.750. The standard InChI is InChI=1S/C17H31NO7P2/c1-14(2)6-4-7-15(3)9-11-25-16-8-5-10-18(12-16)13-17(26(19,20)21)27(22,23)24/h5,8,10,12,14-15,17H,4,6-7,9,11,13H2,1-3H3,(H3-,19,20,21,22,23,24)/p+1. The molecule has 0 aliphatic carbocycles. The molecule has 10 heteroatoms. The second-order valence-corrected chi connectivity index (χ2v) is 11.5. The van der Waals surface area contributed by atoms with Gasteiger partial charge < -0.3 is 24.3 Å². The topological polar surface area (TPSA) is 128 Å². The Morgan fingerprint density at radius 2 is 1.67 bits per heavy atom. The zero-order valence-electron chi connectivity index (χ0n) is 16.1. The molecule has 0 fully saturated rings. The van der Waals surface area contributed by atoms with E-state index < -0.39 is 27.1 Å². The number of ether oxygens (including phenoxy) is 1. The molecule has 0 aromatic carbocycles. The van der Waals surface area contributed by atoms with Gasteiger partial charge >= 0.3 is 15.2 Å². The molecule has 0 aliphatic heterocycles. The van der Waals surface area contributed by atoms with Crippen LogP contribution in [-0.4, -0.2) is 31.6 Å². The van der Waals surface area contributed by atoms with Crippen LogP contribution in [0.5, 0.6) is 5.75 Å². The van der Waals surface area contributed by atoms with E-state index in [1.165, 1.54) is 29.8 Å². The molecule has 156 valence electrons. The van der Waals surface area contributed by atoms with Crippen LogP contribution in [0.1, 0.15) is 46.5 Å². The first-order valence-corrected chi connectivity index (χ1v) is 12.5. The minimum atomic E-state index is -4.96. The molecule has 0 saturated carbocycles. The van der Waals surface area contributed by atoms with E-state index in [1.54, 1.807) is 12.1 Å². The molecule has 0 radical (unpaired) electrons. The van der Waals surface area contributed by atoms with Crippen LogP contribution in [0.3, 0.4) is 0 Å². The molecule has 8 nitrogen and oxygen atoms in total. The van der Waals surface area contributed by atoms with E-state index in [-0.39, 0.29) is 0 Å². The fourth-order valence-corrected chi connectivity index (χ4v) is 5.06. The first kappa shape index (κ1) is 24.3. The Morgan fingerprint density at radius 1 is 1.04 bits per heavy atom. The van der Waals surface area contributed by atoms with Crippen molar-refractivity contribution in [2.75, 3.05) is 6.61 Å². The zero-order chi connectivity index (χ0) is 20.7. The van der Waals surface area contributed by atoms with Gasteiger partial charge in [-0.15, -0.1) is 0 Å². The van der Waals surface area contributed by atoms with Gasteiger partial charge in [0.1, 0.15) is 0 Å². The van der Waals surface area contributed by atoms with E-state index in [4.69, 9.17) is 4.74 Å². The molecule has 0 bridgehead atoms. The molecule has 0 aliphatic rings. The summed E-state index contributed by atoms with van der Waals surface area (Å²) >= 11 is 0. The first-order chi connectivity index (χ1) is 12.4. The van der Waals surface area contributed by atoms with Crippen LogP contribution in [-0.2, 0) is 15.7 Å². The van der Waals surface area contributed by atoms with Gasteiger partial charge in [0.2, 0.25) is 11.6 Å². The van der Waals surface area contributed by atoms with Crippen molar-refractivity contribution in [3.05, 3.63) is 24.5 Å². The summed E-state index contributed by atoms with van der Waals surface area (Å²) in [4.78, 5) is 36.9. The van der Waals surface area contributed by atoms with Gasteiger partial charge in [0.25, 0.3) is 0 Å². The summed E-state index contributed by atoms with van der Waals surface area (Å²) in [6.45, 7) is 6.61. The van der Waals surface area contributed by atoms with Gasteiger partial charge in [-0.1, -0.05) is 40.0 Å². The quantitative estimate of drug-likeness (QED) is 0.300. The number of hydrogen-bond acceptors (Lipinski definition) is 3. The van der Waals surface area contributed by atoms with Gasteiger partial charge in [-0.05, 0) is 24.3 Å². The van der Waals surface area contributed by atoms with Gasteiger partial charge in [0.15, 0.2) is 18.5 Å². The molecule has 1 heterocycles. The molecule has 0 amide bonds. The molecule has 0 spiro atoms. The van der Waals surface area contributed by atoms with Crippen LogP contribution in [0.15, 0.2) is 24.5 Å². The minimum Gasteiger partial charge on any atom is -0.487 e. The Labute approximate surface area is 160 Å². The van der Waals surface area contributed by atoms with E-state index in [0.29, 0.717) is 24.2 Å². The molecule has 27 heavy (non-hydrogen) atoms. The van der Waals surface area contributed by atoms with Crippen molar-refractivity contribution in [2.24, 2.45) is 11.8 Å². The average Bonchev–Trinajstić information content (AvgIpc) is 2.50. The van der Waals surface area contributed by atoms with Gasteiger partial charge in [0, 0.05) is 6.07 Å². The van der Waals surface area contributed by atoms with Crippen molar-refractivity contribution in [2.45, 2.75) is 58.4 Å². The van der Waals surface area contributed by atoms with Crippen LogP contribution >= 0.6 is 15.2 Å². The predicted molar refractivity (Wildman–Crippen MR) is 102 cm³/mol. The van der Waals surface area contributed by atoms with Crippen molar-refractivity contribution >= 4 is 15.2 Å². The lowest BCUT2D eigenvalue weighted by atomic mass is 9.98. The van der Waals surface area contributed by atoms with Gasteiger partial charge in [-0.25, -0.2) is 4.57 Å². The maximum atomic E-state index is 11.4. The lowest BCUT2D eigenvalue weighted by Gasteiger charge is -2.17. The normalized spacial score (nSPS) is 14.0. The fourth-order valence-electron chi connectivity index (χ4n) is 2.69. The number of hydrogen-bond donors (Lipinski definition) is 4. The van der Waals surface area contributed by atoms with Crippen LogP contribution in [0.25, 0.3) is 0 Å². The molecule has 1 aromatic heterocycles. The van der Waals surface area contributed by atoms with Crippen LogP contribution in [0.2, 0.25) is 0 Å². The third-order valence-corrected chi connectivity index (χ3v) is 8.02. The van der Waals surface area contributed by atoms with Crippen LogP contribution in [0, 0.1) is 11.8 Å². The van der Waals surface area contributed by atoms with Gasteiger partial charge in [0.05, 0.1) is 6.61 Å². The average molecular weight is 424 g/mol. The van der Waals surface area contributed by atoms with E-state index in [0.717, 1.165) is 12.8 Å². The maximum Gasteiger partial charge on any atom is 0.347 e. The Bertz CT molecular complexity index is 649. The smallest absolute Gasteiger partial charge is 0.347 e. The van der Waals surface area contributed by atoms with Gasteiger partial charge in [-0.3, -0.25) is 9.13 Å². The van der Waals surface area contributed by atoms with E-state index in [1.807, 2.05) is 0 Å². The summed E-state index contributed by atoms with van der Waals surface area (Å²) < 4.78 is 29.8. The third kappa shape index (κ3) is 9.84. The van der Waals surface area contributed by atoms with Crippen molar-refractivity contribution < 1.29 is 38.0 Å². The summed E-state index contributed by atoms with van der Waals surface area (Å²) in [6, 6.07) is 3.31. The zero-order valence-corrected chi connectivity index (χ0v) is 17.9. The van der Waals surface area contributed by atoms with Crippen molar-refractivity contribution in [3.63, 3.8) is 0 Å². The summed E-state index contributed by atoms with van der Waals surface area (Å²) in [5.41, 5.74) is 0. The summed E-state index contributed by atoms with van der Waals surface area (Å²) in [7, 11) is -9.91. The van der Waals surface area contributed by atoms with Crippen LogP contribution < -0.4 is 9.30 Å². The molecule has 4 N–H and O–H groups in total. The Balaban J connectivity index is 2.59. The molecule has 1 unspecified atom stereocenters. The SMILES string of the molecule is CC(C)CCCC(C)CCOc1ccc[n+](CC(P(=O)(O)O)P(=O)(O)O)c1.